The summed E-state index contributed by atoms with van der Waals surface area (Å²) < 4.78 is 10.4. The summed E-state index contributed by atoms with van der Waals surface area (Å²) in [7, 11) is 1.31. The van der Waals surface area contributed by atoms with Gasteiger partial charge >= 0.3 is 12.1 Å². The Morgan fingerprint density at radius 2 is 1.81 bits per heavy atom. The fourth-order valence-electron chi connectivity index (χ4n) is 3.32. The van der Waals surface area contributed by atoms with Crippen LogP contribution in [0.1, 0.15) is 39.2 Å². The van der Waals surface area contributed by atoms with Crippen molar-refractivity contribution in [2.45, 2.75) is 45.6 Å². The van der Waals surface area contributed by atoms with Crippen LogP contribution in [0.3, 0.4) is 0 Å². The van der Waals surface area contributed by atoms with Crippen molar-refractivity contribution < 1.29 is 24.0 Å². The minimum absolute atomic E-state index is 0.0182. The fraction of sp³-hybridized carbons (Fsp3) is 0.579. The summed E-state index contributed by atoms with van der Waals surface area (Å²) >= 11 is 0. The number of nitro groups is 1. The Hall–Kier alpha value is -2.64. The Morgan fingerprint density at radius 3 is 2.33 bits per heavy atom. The molecule has 0 saturated carbocycles. The summed E-state index contributed by atoms with van der Waals surface area (Å²) in [5.41, 5.74) is -1.04. The number of carbonyl (C=O) groups is 2. The van der Waals surface area contributed by atoms with E-state index in [1.807, 2.05) is 0 Å². The first-order valence-corrected chi connectivity index (χ1v) is 8.87. The Balaban J connectivity index is 2.20. The summed E-state index contributed by atoms with van der Waals surface area (Å²) in [6, 6.07) is 6.39. The highest BCUT2D eigenvalue weighted by Gasteiger charge is 2.45. The molecule has 2 rings (SSSR count). The largest absolute Gasteiger partial charge is 0.469 e. The molecular weight excluding hydrogens is 352 g/mol. The van der Waals surface area contributed by atoms with Gasteiger partial charge in [0.2, 0.25) is 0 Å². The second-order valence-electron chi connectivity index (χ2n) is 7.80. The molecule has 0 atom stereocenters. The maximum Gasteiger partial charge on any atom is 0.410 e. The molecule has 148 valence electrons. The predicted molar refractivity (Wildman–Crippen MR) is 98.3 cm³/mol. The summed E-state index contributed by atoms with van der Waals surface area (Å²) in [4.78, 5) is 37.2. The number of hydrogen-bond donors (Lipinski definition) is 0. The van der Waals surface area contributed by atoms with Gasteiger partial charge in [0.25, 0.3) is 5.69 Å². The maximum atomic E-state index is 12.6. The van der Waals surface area contributed by atoms with E-state index in [2.05, 4.69) is 0 Å². The number of carbonyl (C=O) groups excluding carboxylic acids is 2. The first-order valence-electron chi connectivity index (χ1n) is 8.87. The van der Waals surface area contributed by atoms with Gasteiger partial charge in [0, 0.05) is 24.7 Å². The molecule has 0 aliphatic carbocycles. The van der Waals surface area contributed by atoms with Gasteiger partial charge in [-0.05, 0) is 40.0 Å². The third kappa shape index (κ3) is 4.96. The van der Waals surface area contributed by atoms with Gasteiger partial charge in [-0.1, -0.05) is 18.2 Å². The molecule has 0 aromatic heterocycles. The van der Waals surface area contributed by atoms with Gasteiger partial charge in [-0.3, -0.25) is 14.9 Å². The Kier molecular flexibility index (Phi) is 6.08. The van der Waals surface area contributed by atoms with Crippen molar-refractivity contribution in [3.05, 3.63) is 39.9 Å². The number of nitrogens with zero attached hydrogens (tertiary/aromatic N) is 2. The van der Waals surface area contributed by atoms with Crippen LogP contribution in [0.2, 0.25) is 0 Å². The summed E-state index contributed by atoms with van der Waals surface area (Å²) in [6.07, 6.45) is 0.473. The number of amides is 1. The smallest absolute Gasteiger partial charge is 0.410 e. The van der Waals surface area contributed by atoms with Crippen molar-refractivity contribution in [2.24, 2.45) is 5.41 Å². The molecule has 1 heterocycles. The van der Waals surface area contributed by atoms with Crippen LogP contribution in [0.4, 0.5) is 10.5 Å². The molecule has 8 heteroatoms. The monoisotopic (exact) mass is 378 g/mol. The van der Waals surface area contributed by atoms with E-state index in [0.717, 1.165) is 0 Å². The van der Waals surface area contributed by atoms with E-state index < -0.39 is 28.0 Å². The lowest BCUT2D eigenvalue weighted by Crippen LogP contribution is -2.49. The van der Waals surface area contributed by atoms with Crippen LogP contribution in [0.25, 0.3) is 0 Å². The van der Waals surface area contributed by atoms with Crippen molar-refractivity contribution >= 4 is 17.7 Å². The van der Waals surface area contributed by atoms with Crippen LogP contribution < -0.4 is 0 Å². The van der Waals surface area contributed by atoms with Gasteiger partial charge in [-0.25, -0.2) is 4.79 Å². The molecule has 0 spiro atoms. The minimum Gasteiger partial charge on any atom is -0.469 e. The number of esters is 1. The number of benzene rings is 1. The molecule has 1 aromatic carbocycles. The molecule has 1 amide bonds. The Morgan fingerprint density at radius 1 is 1.22 bits per heavy atom. The van der Waals surface area contributed by atoms with E-state index in [-0.39, 0.29) is 12.1 Å². The van der Waals surface area contributed by atoms with E-state index in [1.165, 1.54) is 13.2 Å². The van der Waals surface area contributed by atoms with E-state index in [9.17, 15) is 19.7 Å². The van der Waals surface area contributed by atoms with Crippen molar-refractivity contribution in [1.29, 1.82) is 0 Å². The van der Waals surface area contributed by atoms with Gasteiger partial charge in [0.15, 0.2) is 0 Å². The van der Waals surface area contributed by atoms with Crippen LogP contribution in [-0.4, -0.2) is 47.7 Å². The third-order valence-corrected chi connectivity index (χ3v) is 4.71. The average molecular weight is 378 g/mol. The first-order chi connectivity index (χ1) is 12.6. The number of rotatable bonds is 4. The van der Waals surface area contributed by atoms with Gasteiger partial charge in [0.05, 0.1) is 17.4 Å². The number of para-hydroxylation sites is 1. The predicted octanol–water partition coefficient (Wildman–Crippen LogP) is 3.33. The molecule has 0 unspecified atom stereocenters. The number of piperidine rings is 1. The van der Waals surface area contributed by atoms with Gasteiger partial charge in [-0.2, -0.15) is 0 Å². The SMILES string of the molecule is COC(=O)C1(Cc2ccccc2[N+](=O)[O-])CCN(C(=O)OC(C)(C)C)CC1. The number of likely N-dealkylation sites (tertiary alicyclic amines) is 1. The molecule has 8 nitrogen and oxygen atoms in total. The highest BCUT2D eigenvalue weighted by Crippen LogP contribution is 2.38. The second-order valence-corrected chi connectivity index (χ2v) is 7.80. The minimum atomic E-state index is -0.903. The average Bonchev–Trinajstić information content (AvgIpc) is 2.60. The van der Waals surface area contributed by atoms with Gasteiger partial charge in [-0.15, -0.1) is 0 Å². The number of hydrogen-bond acceptors (Lipinski definition) is 6. The molecule has 0 bridgehead atoms. The van der Waals surface area contributed by atoms with Crippen LogP contribution in [0.5, 0.6) is 0 Å². The fourth-order valence-corrected chi connectivity index (χ4v) is 3.32. The number of methoxy groups -OCH3 is 1. The highest BCUT2D eigenvalue weighted by atomic mass is 16.6. The quantitative estimate of drug-likeness (QED) is 0.453. The third-order valence-electron chi connectivity index (χ3n) is 4.71. The Labute approximate surface area is 158 Å². The second kappa shape index (κ2) is 7.94. The summed E-state index contributed by atoms with van der Waals surface area (Å²) in [5.74, 6) is -0.413. The molecular formula is C19H26N2O6. The maximum absolute atomic E-state index is 12.6. The lowest BCUT2D eigenvalue weighted by Gasteiger charge is -2.40. The van der Waals surface area contributed by atoms with E-state index in [4.69, 9.17) is 9.47 Å². The molecule has 1 aromatic rings. The van der Waals surface area contributed by atoms with Crippen molar-refractivity contribution in [2.75, 3.05) is 20.2 Å². The van der Waals surface area contributed by atoms with Crippen LogP contribution >= 0.6 is 0 Å². The topological polar surface area (TPSA) is 99.0 Å². The van der Waals surface area contributed by atoms with Crippen LogP contribution in [-0.2, 0) is 20.7 Å². The van der Waals surface area contributed by atoms with Crippen molar-refractivity contribution in [3.8, 4) is 0 Å². The van der Waals surface area contributed by atoms with Gasteiger partial charge in [0.1, 0.15) is 5.60 Å². The normalized spacial score (nSPS) is 16.5. The van der Waals surface area contributed by atoms with Crippen LogP contribution in [0.15, 0.2) is 24.3 Å². The molecule has 1 aliphatic heterocycles. The van der Waals surface area contributed by atoms with E-state index >= 15 is 0 Å². The zero-order valence-corrected chi connectivity index (χ0v) is 16.2. The van der Waals surface area contributed by atoms with E-state index in [1.54, 1.807) is 43.9 Å². The molecule has 1 saturated heterocycles. The van der Waals surface area contributed by atoms with Crippen molar-refractivity contribution in [3.63, 3.8) is 0 Å². The zero-order valence-electron chi connectivity index (χ0n) is 16.2. The molecule has 0 N–H and O–H groups in total. The van der Waals surface area contributed by atoms with E-state index in [0.29, 0.717) is 31.5 Å². The van der Waals surface area contributed by atoms with Crippen LogP contribution in [0, 0.1) is 15.5 Å². The van der Waals surface area contributed by atoms with Crippen molar-refractivity contribution in [1.82, 2.24) is 4.90 Å². The molecule has 27 heavy (non-hydrogen) atoms. The zero-order chi connectivity index (χ0) is 20.2. The summed E-state index contributed by atoms with van der Waals surface area (Å²) in [5, 5.41) is 11.3. The lowest BCUT2D eigenvalue weighted by atomic mass is 9.73. The standard InChI is InChI=1S/C19H26N2O6/c1-18(2,3)27-17(23)20-11-9-19(10-12-20,16(22)26-4)13-14-7-5-6-8-15(14)21(24)25/h5-8H,9-13H2,1-4H3. The lowest BCUT2D eigenvalue weighted by molar-refractivity contribution is -0.385. The Bertz CT molecular complexity index is 717. The first kappa shape index (κ1) is 20.7. The molecule has 1 fully saturated rings. The molecule has 1 aliphatic rings. The summed E-state index contributed by atoms with van der Waals surface area (Å²) in [6.45, 7) is 6.03. The molecule has 0 radical (unpaired) electrons. The number of ether oxygens (including phenoxy) is 2. The number of nitro benzene ring substituents is 1. The highest BCUT2D eigenvalue weighted by molar-refractivity contribution is 5.78. The van der Waals surface area contributed by atoms with Gasteiger partial charge < -0.3 is 14.4 Å².